The highest BCUT2D eigenvalue weighted by atomic mass is 32.1. The summed E-state index contributed by atoms with van der Waals surface area (Å²) in [5.74, 6) is -0.0474. The van der Waals surface area contributed by atoms with Crippen LogP contribution in [0, 0.1) is 0 Å². The van der Waals surface area contributed by atoms with Gasteiger partial charge in [0.25, 0.3) is 0 Å². The molecular weight excluding hydrogens is 274 g/mol. The van der Waals surface area contributed by atoms with Crippen molar-refractivity contribution >= 4 is 23.2 Å². The molecule has 0 radical (unpaired) electrons. The van der Waals surface area contributed by atoms with E-state index in [4.69, 9.17) is 0 Å². The van der Waals surface area contributed by atoms with Crippen LogP contribution in [0.4, 0.5) is 0 Å². The quantitative estimate of drug-likeness (QED) is 0.774. The summed E-state index contributed by atoms with van der Waals surface area (Å²) in [6.45, 7) is 3.84. The molecule has 1 aliphatic rings. The number of nitrogens with one attached hydrogen (secondary N) is 2. The summed E-state index contributed by atoms with van der Waals surface area (Å²) in [4.78, 5) is 24.8. The number of nitrogens with zero attached hydrogens (tertiary/aromatic N) is 1. The summed E-state index contributed by atoms with van der Waals surface area (Å²) >= 11 is 1.70. The lowest BCUT2D eigenvalue weighted by Crippen LogP contribution is -2.40. The summed E-state index contributed by atoms with van der Waals surface area (Å²) in [6.07, 6.45) is 2.26. The Balaban J connectivity index is 1.74. The van der Waals surface area contributed by atoms with Crippen LogP contribution in [0.1, 0.15) is 31.4 Å². The van der Waals surface area contributed by atoms with Crippen LogP contribution in [0.25, 0.3) is 0 Å². The van der Waals surface area contributed by atoms with E-state index in [2.05, 4.69) is 32.4 Å². The molecule has 0 saturated carbocycles. The van der Waals surface area contributed by atoms with Crippen molar-refractivity contribution in [3.05, 3.63) is 22.4 Å². The van der Waals surface area contributed by atoms with Crippen molar-refractivity contribution < 1.29 is 9.59 Å². The number of hydrogen-bond donors (Lipinski definition) is 2. The van der Waals surface area contributed by atoms with Gasteiger partial charge in [-0.25, -0.2) is 0 Å². The number of carbonyl (C=O) groups is 2. The first-order valence-corrected chi connectivity index (χ1v) is 7.88. The number of rotatable bonds is 6. The topological polar surface area (TPSA) is 61.4 Å². The van der Waals surface area contributed by atoms with Crippen LogP contribution in [0.5, 0.6) is 0 Å². The van der Waals surface area contributed by atoms with E-state index < -0.39 is 0 Å². The summed E-state index contributed by atoms with van der Waals surface area (Å²) < 4.78 is 0. The van der Waals surface area contributed by atoms with Gasteiger partial charge in [0, 0.05) is 26.1 Å². The summed E-state index contributed by atoms with van der Waals surface area (Å²) in [6, 6.07) is 2.52. The van der Waals surface area contributed by atoms with Gasteiger partial charge in [0.2, 0.25) is 11.8 Å². The normalized spacial score (nSPS) is 18.9. The molecule has 1 fully saturated rings. The Labute approximate surface area is 123 Å². The average Bonchev–Trinajstić information content (AvgIpc) is 3.04. The highest BCUT2D eigenvalue weighted by molar-refractivity contribution is 7.07. The second-order valence-corrected chi connectivity index (χ2v) is 5.80. The van der Waals surface area contributed by atoms with Crippen LogP contribution >= 0.6 is 11.3 Å². The van der Waals surface area contributed by atoms with Crippen molar-refractivity contribution in [2.24, 2.45) is 0 Å². The molecule has 0 unspecified atom stereocenters. The van der Waals surface area contributed by atoms with Crippen molar-refractivity contribution in [3.8, 4) is 0 Å². The molecule has 2 rings (SSSR count). The molecule has 1 saturated heterocycles. The molecule has 6 heteroatoms. The molecule has 2 heterocycles. The van der Waals surface area contributed by atoms with Crippen molar-refractivity contribution in [1.82, 2.24) is 15.5 Å². The largest absolute Gasteiger partial charge is 0.355 e. The van der Waals surface area contributed by atoms with Gasteiger partial charge in [-0.15, -0.1) is 0 Å². The van der Waals surface area contributed by atoms with Gasteiger partial charge in [0.05, 0.1) is 6.54 Å². The number of thiophene rings is 1. The van der Waals surface area contributed by atoms with E-state index in [0.717, 1.165) is 19.4 Å². The summed E-state index contributed by atoms with van der Waals surface area (Å²) in [5, 5.41) is 9.74. The molecule has 1 aromatic rings. The number of carbonyl (C=O) groups excluding carboxylic acids is 2. The monoisotopic (exact) mass is 295 g/mol. The Morgan fingerprint density at radius 1 is 1.40 bits per heavy atom. The third-order valence-electron chi connectivity index (χ3n) is 3.46. The molecule has 1 aromatic heterocycles. The minimum Gasteiger partial charge on any atom is -0.355 e. The van der Waals surface area contributed by atoms with Crippen molar-refractivity contribution in [3.63, 3.8) is 0 Å². The third kappa shape index (κ3) is 4.31. The van der Waals surface area contributed by atoms with Gasteiger partial charge >= 0.3 is 0 Å². The van der Waals surface area contributed by atoms with Gasteiger partial charge in [-0.1, -0.05) is 0 Å². The second-order valence-electron chi connectivity index (χ2n) is 5.02. The Hall–Kier alpha value is -1.40. The first-order valence-electron chi connectivity index (χ1n) is 6.94. The van der Waals surface area contributed by atoms with E-state index in [1.54, 1.807) is 11.3 Å². The highest BCUT2D eigenvalue weighted by Gasteiger charge is 2.27. The second kappa shape index (κ2) is 7.40. The summed E-state index contributed by atoms with van der Waals surface area (Å²) in [7, 11) is 0. The van der Waals surface area contributed by atoms with Crippen LogP contribution < -0.4 is 10.6 Å². The number of amides is 2. The van der Waals surface area contributed by atoms with E-state index >= 15 is 0 Å². The molecule has 0 bridgehead atoms. The highest BCUT2D eigenvalue weighted by Crippen LogP contribution is 2.32. The Kier molecular flexibility index (Phi) is 5.55. The standard InChI is InChI=1S/C14H21N3O2S/c1-11(18)15-5-6-16-14(19)9-17-7-2-3-13(17)12-4-8-20-10-12/h4,8,10,13H,2-3,5-7,9H2,1H3,(H,15,18)(H,16,19)/t13-/m0/s1. The zero-order chi connectivity index (χ0) is 14.4. The van der Waals surface area contributed by atoms with Crippen LogP contribution in [-0.2, 0) is 9.59 Å². The lowest BCUT2D eigenvalue weighted by atomic mass is 10.1. The zero-order valence-corrected chi connectivity index (χ0v) is 12.5. The lowest BCUT2D eigenvalue weighted by Gasteiger charge is -2.23. The van der Waals surface area contributed by atoms with Gasteiger partial charge in [-0.05, 0) is 41.8 Å². The van der Waals surface area contributed by atoms with E-state index in [1.807, 2.05) is 0 Å². The minimum absolute atomic E-state index is 0.0254. The average molecular weight is 295 g/mol. The fourth-order valence-corrected chi connectivity index (χ4v) is 3.25. The predicted octanol–water partition coefficient (Wildman–Crippen LogP) is 1.14. The van der Waals surface area contributed by atoms with E-state index in [-0.39, 0.29) is 11.8 Å². The molecule has 20 heavy (non-hydrogen) atoms. The molecular formula is C14H21N3O2S. The molecule has 0 aliphatic carbocycles. The molecule has 1 aliphatic heterocycles. The molecule has 5 nitrogen and oxygen atoms in total. The molecule has 2 amide bonds. The Bertz CT molecular complexity index is 447. The molecule has 2 N–H and O–H groups in total. The molecule has 1 atom stereocenters. The predicted molar refractivity (Wildman–Crippen MR) is 79.6 cm³/mol. The fourth-order valence-electron chi connectivity index (χ4n) is 2.54. The molecule has 0 spiro atoms. The van der Waals surface area contributed by atoms with E-state index in [9.17, 15) is 9.59 Å². The minimum atomic E-state index is -0.0729. The van der Waals surface area contributed by atoms with Crippen molar-refractivity contribution in [1.29, 1.82) is 0 Å². The number of likely N-dealkylation sites (tertiary alicyclic amines) is 1. The zero-order valence-electron chi connectivity index (χ0n) is 11.7. The Morgan fingerprint density at radius 3 is 2.90 bits per heavy atom. The molecule has 110 valence electrons. The Morgan fingerprint density at radius 2 is 2.20 bits per heavy atom. The smallest absolute Gasteiger partial charge is 0.234 e. The van der Waals surface area contributed by atoms with Gasteiger partial charge in [-0.2, -0.15) is 11.3 Å². The SMILES string of the molecule is CC(=O)NCCNC(=O)CN1CCC[C@H]1c1ccsc1. The van der Waals surface area contributed by atoms with Crippen LogP contribution in [0.2, 0.25) is 0 Å². The van der Waals surface area contributed by atoms with Crippen LogP contribution in [-0.4, -0.2) is 42.9 Å². The maximum Gasteiger partial charge on any atom is 0.234 e. The maximum absolute atomic E-state index is 11.9. The van der Waals surface area contributed by atoms with Crippen LogP contribution in [0.15, 0.2) is 16.8 Å². The van der Waals surface area contributed by atoms with Gasteiger partial charge in [0.1, 0.15) is 0 Å². The lowest BCUT2D eigenvalue weighted by molar-refractivity contribution is -0.123. The summed E-state index contributed by atoms with van der Waals surface area (Å²) in [5.41, 5.74) is 1.32. The first-order chi connectivity index (χ1) is 9.66. The van der Waals surface area contributed by atoms with Crippen molar-refractivity contribution in [2.45, 2.75) is 25.8 Å². The van der Waals surface area contributed by atoms with Gasteiger partial charge < -0.3 is 10.6 Å². The van der Waals surface area contributed by atoms with E-state index in [0.29, 0.717) is 25.7 Å². The van der Waals surface area contributed by atoms with Gasteiger partial charge in [-0.3, -0.25) is 14.5 Å². The maximum atomic E-state index is 11.9. The number of hydrogen-bond acceptors (Lipinski definition) is 4. The van der Waals surface area contributed by atoms with Gasteiger partial charge in [0.15, 0.2) is 0 Å². The van der Waals surface area contributed by atoms with E-state index in [1.165, 1.54) is 12.5 Å². The molecule has 0 aromatic carbocycles. The third-order valence-corrected chi connectivity index (χ3v) is 4.16. The van der Waals surface area contributed by atoms with Crippen molar-refractivity contribution in [2.75, 3.05) is 26.2 Å². The fraction of sp³-hybridized carbons (Fsp3) is 0.571. The van der Waals surface area contributed by atoms with Crippen LogP contribution in [0.3, 0.4) is 0 Å². The first kappa shape index (κ1) is 15.0.